The molecule has 0 bridgehead atoms. The summed E-state index contributed by atoms with van der Waals surface area (Å²) in [6.07, 6.45) is 0. The van der Waals surface area contributed by atoms with E-state index in [-0.39, 0.29) is 0 Å². The normalized spacial score (nSPS) is 12.7. The van der Waals surface area contributed by atoms with Crippen molar-refractivity contribution in [3.05, 3.63) is 69.7 Å². The zero-order valence-corrected chi connectivity index (χ0v) is 16.2. The molecule has 4 nitrogen and oxygen atoms in total. The predicted octanol–water partition coefficient (Wildman–Crippen LogP) is 3.94. The molecule has 2 heterocycles. The lowest BCUT2D eigenvalue weighted by molar-refractivity contribution is 0.292. The second-order valence-corrected chi connectivity index (χ2v) is 7.50. The zero-order chi connectivity index (χ0) is 17.8. The minimum Gasteiger partial charge on any atom is -0.311 e. The Morgan fingerprint density at radius 3 is 2.52 bits per heavy atom. The van der Waals surface area contributed by atoms with Crippen molar-refractivity contribution in [3.8, 4) is 5.69 Å². The number of hydrogen-bond acceptors (Lipinski definition) is 4. The fourth-order valence-corrected chi connectivity index (χ4v) is 4.03. The number of thiophene rings is 1. The van der Waals surface area contributed by atoms with Crippen LogP contribution in [0.1, 0.15) is 27.9 Å². The highest BCUT2D eigenvalue weighted by Gasteiger charge is 2.16. The topological polar surface area (TPSA) is 33.1 Å². The van der Waals surface area contributed by atoms with Crippen molar-refractivity contribution in [1.82, 2.24) is 20.0 Å². The number of aryl methyl sites for hydroxylation is 1. The summed E-state index contributed by atoms with van der Waals surface area (Å²) in [5.41, 5.74) is 4.69. The molecule has 0 radical (unpaired) electrons. The maximum Gasteiger partial charge on any atom is 0.0648 e. The average Bonchev–Trinajstić information content (AvgIpc) is 3.22. The minimum absolute atomic E-state index is 0.393. The van der Waals surface area contributed by atoms with Crippen molar-refractivity contribution in [2.24, 2.45) is 0 Å². The van der Waals surface area contributed by atoms with Gasteiger partial charge in [-0.1, -0.05) is 24.3 Å². The van der Waals surface area contributed by atoms with Crippen LogP contribution in [0.4, 0.5) is 0 Å². The fourth-order valence-electron chi connectivity index (χ4n) is 3.10. The molecule has 0 saturated heterocycles. The van der Waals surface area contributed by atoms with Crippen molar-refractivity contribution in [2.75, 3.05) is 20.6 Å². The van der Waals surface area contributed by atoms with Crippen molar-refractivity contribution >= 4 is 11.3 Å². The molecule has 0 aliphatic rings. The van der Waals surface area contributed by atoms with E-state index in [1.165, 1.54) is 16.1 Å². The summed E-state index contributed by atoms with van der Waals surface area (Å²) < 4.78 is 2.04. The second-order valence-electron chi connectivity index (χ2n) is 6.52. The van der Waals surface area contributed by atoms with Gasteiger partial charge in [-0.2, -0.15) is 5.10 Å². The van der Waals surface area contributed by atoms with Crippen LogP contribution in [0.5, 0.6) is 0 Å². The number of hydrogen-bond donors (Lipinski definition) is 1. The Morgan fingerprint density at radius 2 is 1.88 bits per heavy atom. The molecule has 0 aliphatic carbocycles. The lowest BCUT2D eigenvalue weighted by Crippen LogP contribution is -2.30. The third kappa shape index (κ3) is 4.00. The summed E-state index contributed by atoms with van der Waals surface area (Å²) >= 11 is 1.82. The van der Waals surface area contributed by atoms with Gasteiger partial charge in [0.25, 0.3) is 0 Å². The number of benzene rings is 1. The molecule has 1 aromatic carbocycles. The second kappa shape index (κ2) is 7.95. The largest absolute Gasteiger partial charge is 0.311 e. The molecule has 1 atom stereocenters. The van der Waals surface area contributed by atoms with Crippen LogP contribution in [0.3, 0.4) is 0 Å². The maximum absolute atomic E-state index is 4.73. The summed E-state index contributed by atoms with van der Waals surface area (Å²) in [4.78, 5) is 3.66. The molecular formula is C20H26N4S. The summed E-state index contributed by atoms with van der Waals surface area (Å²) in [7, 11) is 4.27. The molecule has 3 rings (SSSR count). The van der Waals surface area contributed by atoms with Gasteiger partial charge in [0.2, 0.25) is 0 Å². The molecule has 25 heavy (non-hydrogen) atoms. The number of aromatic nitrogens is 2. The third-order valence-corrected chi connectivity index (χ3v) is 5.55. The molecule has 2 aromatic heterocycles. The van der Waals surface area contributed by atoms with E-state index >= 15 is 0 Å². The Kier molecular flexibility index (Phi) is 5.68. The number of likely N-dealkylation sites (N-methyl/N-ethyl adjacent to an activating group) is 1. The molecule has 0 aliphatic heterocycles. The lowest BCUT2D eigenvalue weighted by atomic mass is 10.1. The number of para-hydroxylation sites is 1. The van der Waals surface area contributed by atoms with E-state index < -0.39 is 0 Å². The van der Waals surface area contributed by atoms with Gasteiger partial charge in [0.05, 0.1) is 17.4 Å². The Morgan fingerprint density at radius 1 is 1.12 bits per heavy atom. The molecule has 132 valence electrons. The van der Waals surface area contributed by atoms with E-state index in [0.29, 0.717) is 6.04 Å². The first kappa shape index (κ1) is 17.9. The van der Waals surface area contributed by atoms with E-state index in [4.69, 9.17) is 5.10 Å². The molecule has 1 N–H and O–H groups in total. The first-order valence-electron chi connectivity index (χ1n) is 8.59. The Bertz CT molecular complexity index is 791. The molecule has 0 spiro atoms. The van der Waals surface area contributed by atoms with E-state index in [9.17, 15) is 0 Å². The van der Waals surface area contributed by atoms with Crippen LogP contribution >= 0.6 is 11.3 Å². The van der Waals surface area contributed by atoms with E-state index in [1.54, 1.807) is 0 Å². The van der Waals surface area contributed by atoms with E-state index in [1.807, 2.05) is 34.2 Å². The van der Waals surface area contributed by atoms with E-state index in [0.717, 1.165) is 24.5 Å². The highest BCUT2D eigenvalue weighted by molar-refractivity contribution is 7.10. The average molecular weight is 355 g/mol. The van der Waals surface area contributed by atoms with Crippen molar-refractivity contribution < 1.29 is 0 Å². The summed E-state index contributed by atoms with van der Waals surface area (Å²) in [5, 5.41) is 10.5. The monoisotopic (exact) mass is 354 g/mol. The summed E-state index contributed by atoms with van der Waals surface area (Å²) in [6, 6.07) is 15.0. The van der Waals surface area contributed by atoms with Crippen LogP contribution in [0.2, 0.25) is 0 Å². The first-order valence-corrected chi connectivity index (χ1v) is 9.47. The van der Waals surface area contributed by atoms with Gasteiger partial charge in [0, 0.05) is 29.2 Å². The van der Waals surface area contributed by atoms with Crippen molar-refractivity contribution in [1.29, 1.82) is 0 Å². The van der Waals surface area contributed by atoms with Gasteiger partial charge in [-0.15, -0.1) is 11.3 Å². The minimum atomic E-state index is 0.393. The van der Waals surface area contributed by atoms with Crippen LogP contribution < -0.4 is 5.32 Å². The van der Waals surface area contributed by atoms with Crippen LogP contribution in [0, 0.1) is 13.8 Å². The van der Waals surface area contributed by atoms with Crippen LogP contribution in [0.15, 0.2) is 47.8 Å². The van der Waals surface area contributed by atoms with Gasteiger partial charge < -0.3 is 10.2 Å². The smallest absolute Gasteiger partial charge is 0.0648 e. The number of nitrogens with one attached hydrogen (secondary N) is 1. The van der Waals surface area contributed by atoms with Gasteiger partial charge in [-0.25, -0.2) is 4.68 Å². The standard InChI is InChI=1S/C20H26N4S/c1-15-18(16(2)24(22-15)17-9-6-5-7-10-17)13-21-14-19(23(3)4)20-11-8-12-25-20/h5-12,19,21H,13-14H2,1-4H3/t19-/m0/s1. The highest BCUT2D eigenvalue weighted by Crippen LogP contribution is 2.23. The Hall–Kier alpha value is -1.95. The van der Waals surface area contributed by atoms with Gasteiger partial charge in [0.15, 0.2) is 0 Å². The summed E-state index contributed by atoms with van der Waals surface area (Å²) in [5.74, 6) is 0. The molecule has 0 amide bonds. The third-order valence-electron chi connectivity index (χ3n) is 4.58. The van der Waals surface area contributed by atoms with Gasteiger partial charge in [-0.05, 0) is 51.5 Å². The lowest BCUT2D eigenvalue weighted by Gasteiger charge is -2.23. The molecule has 3 aromatic rings. The van der Waals surface area contributed by atoms with E-state index in [2.05, 4.69) is 67.8 Å². The van der Waals surface area contributed by atoms with Crippen LogP contribution in [-0.4, -0.2) is 35.3 Å². The van der Waals surface area contributed by atoms with Gasteiger partial charge in [-0.3, -0.25) is 0 Å². The van der Waals surface area contributed by atoms with Crippen molar-refractivity contribution in [3.63, 3.8) is 0 Å². The number of nitrogens with zero attached hydrogens (tertiary/aromatic N) is 3. The zero-order valence-electron chi connectivity index (χ0n) is 15.4. The van der Waals surface area contributed by atoms with Crippen LogP contribution in [-0.2, 0) is 6.54 Å². The molecule has 5 heteroatoms. The Labute approximate surface area is 154 Å². The molecule has 0 unspecified atom stereocenters. The highest BCUT2D eigenvalue weighted by atomic mass is 32.1. The first-order chi connectivity index (χ1) is 12.1. The van der Waals surface area contributed by atoms with Gasteiger partial charge in [0.1, 0.15) is 0 Å². The molecule has 0 fully saturated rings. The molecule has 0 saturated carbocycles. The van der Waals surface area contributed by atoms with Gasteiger partial charge >= 0.3 is 0 Å². The predicted molar refractivity (Wildman–Crippen MR) is 105 cm³/mol. The fraction of sp³-hybridized carbons (Fsp3) is 0.350. The quantitative estimate of drug-likeness (QED) is 0.697. The van der Waals surface area contributed by atoms with Crippen molar-refractivity contribution in [2.45, 2.75) is 26.4 Å². The maximum atomic E-state index is 4.73. The molecular weight excluding hydrogens is 328 g/mol. The SMILES string of the molecule is Cc1nn(-c2ccccc2)c(C)c1CNC[C@@H](c1cccs1)N(C)C. The summed E-state index contributed by atoms with van der Waals surface area (Å²) in [6.45, 7) is 5.99. The number of rotatable bonds is 7. The Balaban J connectivity index is 1.70. The van der Waals surface area contributed by atoms with Crippen LogP contribution in [0.25, 0.3) is 5.69 Å².